The van der Waals surface area contributed by atoms with Gasteiger partial charge in [-0.15, -0.1) is 0 Å². The second kappa shape index (κ2) is 7.98. The summed E-state index contributed by atoms with van der Waals surface area (Å²) in [4.78, 5) is 28.8. The maximum absolute atomic E-state index is 12.5. The number of aromatic nitrogens is 1. The second-order valence-corrected chi connectivity index (χ2v) is 6.37. The molecule has 2 rings (SSSR count). The van der Waals surface area contributed by atoms with Crippen molar-refractivity contribution in [2.45, 2.75) is 20.4 Å². The van der Waals surface area contributed by atoms with Crippen LogP contribution in [0.1, 0.15) is 19.4 Å². The molecule has 0 aliphatic heterocycles. The molecule has 0 unspecified atom stereocenters. The smallest absolute Gasteiger partial charge is 0.239 e. The predicted molar refractivity (Wildman–Crippen MR) is 96.5 cm³/mol. The number of nitrogens with one attached hydrogen (secondary N) is 2. The molecule has 1 aromatic heterocycles. The standard InChI is InChI=1S/C18H20ClN3O3/c1-18(2,16(23)21-11-12-6-8-20-9-7-12)17(24)22-13-4-5-15(25-3)14(19)10-13/h4-10H,11H2,1-3H3,(H,21,23)(H,22,24). The van der Waals surface area contributed by atoms with Crippen molar-refractivity contribution < 1.29 is 14.3 Å². The fourth-order valence-corrected chi connectivity index (χ4v) is 2.30. The van der Waals surface area contributed by atoms with E-state index in [1.807, 2.05) is 0 Å². The van der Waals surface area contributed by atoms with Crippen molar-refractivity contribution in [2.75, 3.05) is 12.4 Å². The Kier molecular flexibility index (Phi) is 5.98. The van der Waals surface area contributed by atoms with Gasteiger partial charge < -0.3 is 15.4 Å². The number of carbonyl (C=O) groups is 2. The van der Waals surface area contributed by atoms with E-state index in [1.54, 1.807) is 56.6 Å². The minimum Gasteiger partial charge on any atom is -0.495 e. The lowest BCUT2D eigenvalue weighted by Gasteiger charge is -2.23. The maximum Gasteiger partial charge on any atom is 0.239 e. The summed E-state index contributed by atoms with van der Waals surface area (Å²) >= 11 is 6.05. The lowest BCUT2D eigenvalue weighted by atomic mass is 9.91. The summed E-state index contributed by atoms with van der Waals surface area (Å²) in [6, 6.07) is 8.48. The molecule has 0 fully saturated rings. The average molecular weight is 362 g/mol. The third kappa shape index (κ3) is 4.70. The number of carbonyl (C=O) groups excluding carboxylic acids is 2. The number of amides is 2. The van der Waals surface area contributed by atoms with Crippen molar-refractivity contribution in [1.29, 1.82) is 0 Å². The normalized spacial score (nSPS) is 10.9. The molecule has 0 saturated carbocycles. The van der Waals surface area contributed by atoms with E-state index in [9.17, 15) is 9.59 Å². The molecule has 0 saturated heterocycles. The van der Waals surface area contributed by atoms with Gasteiger partial charge in [-0.25, -0.2) is 0 Å². The first-order valence-electron chi connectivity index (χ1n) is 7.67. The predicted octanol–water partition coefficient (Wildman–Crippen LogP) is 3.02. The highest BCUT2D eigenvalue weighted by Crippen LogP contribution is 2.28. The molecule has 132 valence electrons. The number of halogens is 1. The number of methoxy groups -OCH3 is 1. The van der Waals surface area contributed by atoms with Gasteiger partial charge in [0, 0.05) is 24.6 Å². The summed E-state index contributed by atoms with van der Waals surface area (Å²) in [5.41, 5.74) is 0.145. The van der Waals surface area contributed by atoms with Gasteiger partial charge in [0.25, 0.3) is 0 Å². The second-order valence-electron chi connectivity index (χ2n) is 5.97. The number of pyridine rings is 1. The van der Waals surface area contributed by atoms with E-state index in [0.29, 0.717) is 23.0 Å². The Morgan fingerprint density at radius 1 is 1.16 bits per heavy atom. The van der Waals surface area contributed by atoms with Crippen LogP contribution >= 0.6 is 11.6 Å². The van der Waals surface area contributed by atoms with Crippen LogP contribution in [0.3, 0.4) is 0 Å². The van der Waals surface area contributed by atoms with Crippen LogP contribution in [0.25, 0.3) is 0 Å². The topological polar surface area (TPSA) is 80.3 Å². The van der Waals surface area contributed by atoms with Crippen molar-refractivity contribution in [1.82, 2.24) is 10.3 Å². The Hall–Kier alpha value is -2.60. The van der Waals surface area contributed by atoms with Gasteiger partial charge in [-0.2, -0.15) is 0 Å². The molecular formula is C18H20ClN3O3. The number of hydrogen-bond donors (Lipinski definition) is 2. The van der Waals surface area contributed by atoms with E-state index in [4.69, 9.17) is 16.3 Å². The number of hydrogen-bond acceptors (Lipinski definition) is 4. The van der Waals surface area contributed by atoms with Crippen molar-refractivity contribution in [3.8, 4) is 5.75 Å². The van der Waals surface area contributed by atoms with E-state index >= 15 is 0 Å². The van der Waals surface area contributed by atoms with Crippen molar-refractivity contribution in [3.63, 3.8) is 0 Å². The highest BCUT2D eigenvalue weighted by molar-refractivity contribution is 6.32. The average Bonchev–Trinajstić information content (AvgIpc) is 2.60. The molecule has 2 amide bonds. The van der Waals surface area contributed by atoms with Crippen molar-refractivity contribution in [2.24, 2.45) is 5.41 Å². The molecule has 0 bridgehead atoms. The van der Waals surface area contributed by atoms with Gasteiger partial charge in [-0.3, -0.25) is 14.6 Å². The lowest BCUT2D eigenvalue weighted by Crippen LogP contribution is -2.44. The highest BCUT2D eigenvalue weighted by atomic mass is 35.5. The van der Waals surface area contributed by atoms with Crippen LogP contribution in [-0.4, -0.2) is 23.9 Å². The zero-order chi connectivity index (χ0) is 18.4. The van der Waals surface area contributed by atoms with Crippen LogP contribution in [0.5, 0.6) is 5.75 Å². The Bertz CT molecular complexity index is 763. The molecule has 1 heterocycles. The lowest BCUT2D eigenvalue weighted by molar-refractivity contribution is -0.138. The summed E-state index contributed by atoms with van der Waals surface area (Å²) in [7, 11) is 1.51. The third-order valence-electron chi connectivity index (χ3n) is 3.75. The molecule has 0 spiro atoms. The Morgan fingerprint density at radius 2 is 1.84 bits per heavy atom. The molecule has 0 radical (unpaired) electrons. The molecule has 6 nitrogen and oxygen atoms in total. The van der Waals surface area contributed by atoms with Crippen molar-refractivity contribution >= 4 is 29.1 Å². The third-order valence-corrected chi connectivity index (χ3v) is 4.04. The van der Waals surface area contributed by atoms with Gasteiger partial charge in [0.1, 0.15) is 11.2 Å². The molecule has 2 aromatic rings. The Labute approximate surface area is 151 Å². The first-order chi connectivity index (χ1) is 11.8. The monoisotopic (exact) mass is 361 g/mol. The molecule has 0 aliphatic carbocycles. The number of anilines is 1. The number of ether oxygens (including phenoxy) is 1. The quantitative estimate of drug-likeness (QED) is 0.775. The van der Waals surface area contributed by atoms with Crippen LogP contribution in [-0.2, 0) is 16.1 Å². The molecule has 1 aromatic carbocycles. The van der Waals surface area contributed by atoms with Crippen molar-refractivity contribution in [3.05, 3.63) is 53.3 Å². The van der Waals surface area contributed by atoms with Gasteiger partial charge in [0.05, 0.1) is 12.1 Å². The zero-order valence-electron chi connectivity index (χ0n) is 14.3. The van der Waals surface area contributed by atoms with Gasteiger partial charge in [-0.05, 0) is 49.7 Å². The zero-order valence-corrected chi connectivity index (χ0v) is 15.1. The van der Waals surface area contributed by atoms with Gasteiger partial charge in [0.15, 0.2) is 0 Å². The maximum atomic E-state index is 12.5. The minimum atomic E-state index is -1.25. The largest absolute Gasteiger partial charge is 0.495 e. The summed E-state index contributed by atoms with van der Waals surface area (Å²) in [5, 5.41) is 5.84. The molecule has 0 atom stereocenters. The Balaban J connectivity index is 2.01. The summed E-state index contributed by atoms with van der Waals surface area (Å²) in [5.74, 6) is -0.295. The van der Waals surface area contributed by atoms with Crippen LogP contribution in [0.15, 0.2) is 42.7 Å². The summed E-state index contributed by atoms with van der Waals surface area (Å²) in [6.45, 7) is 3.46. The molecular weight excluding hydrogens is 342 g/mol. The SMILES string of the molecule is COc1ccc(NC(=O)C(C)(C)C(=O)NCc2ccncc2)cc1Cl. The van der Waals surface area contributed by atoms with E-state index in [1.165, 1.54) is 7.11 Å². The summed E-state index contributed by atoms with van der Waals surface area (Å²) in [6.07, 6.45) is 3.29. The number of benzene rings is 1. The number of nitrogens with zero attached hydrogens (tertiary/aromatic N) is 1. The molecule has 2 N–H and O–H groups in total. The minimum absolute atomic E-state index is 0.326. The van der Waals surface area contributed by atoms with Crippen LogP contribution in [0.2, 0.25) is 5.02 Å². The van der Waals surface area contributed by atoms with Gasteiger partial charge in [0.2, 0.25) is 11.8 Å². The highest BCUT2D eigenvalue weighted by Gasteiger charge is 2.36. The fraction of sp³-hybridized carbons (Fsp3) is 0.278. The van der Waals surface area contributed by atoms with E-state index < -0.39 is 11.3 Å². The van der Waals surface area contributed by atoms with Crippen LogP contribution in [0, 0.1) is 5.41 Å². The first-order valence-corrected chi connectivity index (χ1v) is 8.04. The van der Waals surface area contributed by atoms with Gasteiger partial charge >= 0.3 is 0 Å². The Morgan fingerprint density at radius 3 is 2.44 bits per heavy atom. The van der Waals surface area contributed by atoms with Gasteiger partial charge in [-0.1, -0.05) is 11.6 Å². The van der Waals surface area contributed by atoms with E-state index in [2.05, 4.69) is 15.6 Å². The molecule has 0 aliphatic rings. The van der Waals surface area contributed by atoms with E-state index in [0.717, 1.165) is 5.56 Å². The molecule has 25 heavy (non-hydrogen) atoms. The first kappa shape index (κ1) is 18.7. The van der Waals surface area contributed by atoms with Crippen LogP contribution in [0.4, 0.5) is 5.69 Å². The number of rotatable bonds is 6. The van der Waals surface area contributed by atoms with E-state index in [-0.39, 0.29) is 5.91 Å². The van der Waals surface area contributed by atoms with Crippen LogP contribution < -0.4 is 15.4 Å². The summed E-state index contributed by atoms with van der Waals surface area (Å²) < 4.78 is 5.07. The molecule has 7 heteroatoms. The fourth-order valence-electron chi connectivity index (χ4n) is 2.04.